The Morgan fingerprint density at radius 3 is 2.68 bits per heavy atom. The summed E-state index contributed by atoms with van der Waals surface area (Å²) in [5.74, 6) is 0.622. The van der Waals surface area contributed by atoms with Crippen LogP contribution in [0.25, 0.3) is 11.3 Å². The first-order chi connectivity index (χ1) is 9.15. The Balaban J connectivity index is 2.27. The summed E-state index contributed by atoms with van der Waals surface area (Å²) in [5, 5.41) is 6.50. The molecule has 1 N–H and O–H groups in total. The van der Waals surface area contributed by atoms with Crippen molar-refractivity contribution in [2.75, 3.05) is 18.3 Å². The molecule has 0 bridgehead atoms. The van der Waals surface area contributed by atoms with Gasteiger partial charge in [0, 0.05) is 11.1 Å². The van der Waals surface area contributed by atoms with Gasteiger partial charge in [-0.25, -0.2) is 0 Å². The zero-order valence-corrected chi connectivity index (χ0v) is 11.3. The van der Waals surface area contributed by atoms with Crippen molar-refractivity contribution >= 4 is 23.4 Å². The minimum absolute atomic E-state index is 0.127. The zero-order valence-electron chi connectivity index (χ0n) is 10.6. The molecule has 100 valence electrons. The molecule has 0 saturated heterocycles. The van der Waals surface area contributed by atoms with E-state index in [9.17, 15) is 4.79 Å². The van der Waals surface area contributed by atoms with E-state index in [-0.39, 0.29) is 11.8 Å². The quantitative estimate of drug-likeness (QED) is 0.875. The van der Waals surface area contributed by atoms with Crippen molar-refractivity contribution in [3.8, 4) is 17.0 Å². The molecule has 2 rings (SSSR count). The maximum absolute atomic E-state index is 11.2. The fraction of sp³-hybridized carbons (Fsp3) is 0.231. The number of ether oxygens (including phenoxy) is 1. The fourth-order valence-electron chi connectivity index (χ4n) is 1.63. The van der Waals surface area contributed by atoms with Crippen molar-refractivity contribution in [2.45, 2.75) is 6.92 Å². The molecular formula is C13H13ClN2O3. The van der Waals surface area contributed by atoms with Crippen LogP contribution in [0, 0.1) is 6.92 Å². The van der Waals surface area contributed by atoms with E-state index in [1.165, 1.54) is 0 Å². The number of hydrogen-bond donors (Lipinski definition) is 1. The van der Waals surface area contributed by atoms with Crippen molar-refractivity contribution in [3.63, 3.8) is 0 Å². The Hall–Kier alpha value is -2.01. The van der Waals surface area contributed by atoms with Crippen LogP contribution in [-0.4, -0.2) is 24.1 Å². The van der Waals surface area contributed by atoms with Gasteiger partial charge in [-0.1, -0.05) is 5.16 Å². The van der Waals surface area contributed by atoms with E-state index in [4.69, 9.17) is 20.9 Å². The fourth-order valence-corrected chi connectivity index (χ4v) is 1.70. The van der Waals surface area contributed by atoms with E-state index in [2.05, 4.69) is 10.5 Å². The number of aromatic nitrogens is 1. The molecular weight excluding hydrogens is 268 g/mol. The Morgan fingerprint density at radius 2 is 2.11 bits per heavy atom. The third-order valence-electron chi connectivity index (χ3n) is 2.66. The summed E-state index contributed by atoms with van der Waals surface area (Å²) in [6.45, 7) is 1.82. The second-order valence-corrected chi connectivity index (χ2v) is 4.16. The van der Waals surface area contributed by atoms with Crippen LogP contribution in [0.1, 0.15) is 5.56 Å². The average molecular weight is 281 g/mol. The second-order valence-electron chi connectivity index (χ2n) is 3.90. The molecule has 5 nitrogen and oxygen atoms in total. The smallest absolute Gasteiger partial charge is 0.241 e. The molecule has 0 aliphatic heterocycles. The van der Waals surface area contributed by atoms with Crippen LogP contribution in [-0.2, 0) is 4.79 Å². The highest BCUT2D eigenvalue weighted by atomic mass is 35.5. The van der Waals surface area contributed by atoms with Gasteiger partial charge in [0.25, 0.3) is 0 Å². The highest BCUT2D eigenvalue weighted by Crippen LogP contribution is 2.29. The molecule has 0 aliphatic rings. The standard InChI is InChI=1S/C13H13ClN2O3/c1-8-12(9-3-5-10(18-2)6-4-9)16-19-13(8)15-11(17)7-14/h3-6H,7H2,1-2H3,(H,15,17). The molecule has 1 amide bonds. The summed E-state index contributed by atoms with van der Waals surface area (Å²) in [6.07, 6.45) is 0. The lowest BCUT2D eigenvalue weighted by atomic mass is 10.1. The van der Waals surface area contributed by atoms with Gasteiger partial charge in [0.1, 0.15) is 17.3 Å². The number of anilines is 1. The van der Waals surface area contributed by atoms with Gasteiger partial charge in [0.2, 0.25) is 11.8 Å². The van der Waals surface area contributed by atoms with E-state index in [1.54, 1.807) is 7.11 Å². The van der Waals surface area contributed by atoms with E-state index in [0.29, 0.717) is 11.6 Å². The van der Waals surface area contributed by atoms with E-state index < -0.39 is 0 Å². The van der Waals surface area contributed by atoms with E-state index in [1.807, 2.05) is 31.2 Å². The van der Waals surface area contributed by atoms with Gasteiger partial charge < -0.3 is 9.26 Å². The highest BCUT2D eigenvalue weighted by molar-refractivity contribution is 6.29. The summed E-state index contributed by atoms with van der Waals surface area (Å²) < 4.78 is 10.2. The van der Waals surface area contributed by atoms with Crippen LogP contribution >= 0.6 is 11.6 Å². The number of amides is 1. The largest absolute Gasteiger partial charge is 0.497 e. The number of hydrogen-bond acceptors (Lipinski definition) is 4. The van der Waals surface area contributed by atoms with Gasteiger partial charge in [-0.15, -0.1) is 11.6 Å². The number of carbonyl (C=O) groups excluding carboxylic acids is 1. The summed E-state index contributed by atoms with van der Waals surface area (Å²) in [6, 6.07) is 7.41. The first kappa shape index (κ1) is 13.4. The Bertz CT molecular complexity index is 578. The topological polar surface area (TPSA) is 64.4 Å². The van der Waals surface area contributed by atoms with Crippen molar-refractivity contribution in [1.29, 1.82) is 0 Å². The highest BCUT2D eigenvalue weighted by Gasteiger charge is 2.15. The number of nitrogens with zero attached hydrogens (tertiary/aromatic N) is 1. The summed E-state index contributed by atoms with van der Waals surface area (Å²) in [4.78, 5) is 11.2. The normalized spacial score (nSPS) is 10.3. The molecule has 1 heterocycles. The molecule has 0 spiro atoms. The lowest BCUT2D eigenvalue weighted by molar-refractivity contribution is -0.114. The van der Waals surface area contributed by atoms with Crippen molar-refractivity contribution < 1.29 is 14.1 Å². The lowest BCUT2D eigenvalue weighted by Crippen LogP contribution is -2.12. The number of halogens is 1. The van der Waals surface area contributed by atoms with Crippen LogP contribution in [0.2, 0.25) is 0 Å². The summed E-state index contributed by atoms with van der Waals surface area (Å²) in [7, 11) is 1.61. The molecule has 2 aromatic rings. The molecule has 19 heavy (non-hydrogen) atoms. The van der Waals surface area contributed by atoms with Crippen molar-refractivity contribution in [2.24, 2.45) is 0 Å². The first-order valence-electron chi connectivity index (χ1n) is 5.62. The molecule has 0 aliphatic carbocycles. The number of carbonyl (C=O) groups is 1. The maximum Gasteiger partial charge on any atom is 0.241 e. The molecule has 0 saturated carbocycles. The van der Waals surface area contributed by atoms with Crippen LogP contribution < -0.4 is 10.1 Å². The summed E-state index contributed by atoms with van der Waals surface area (Å²) in [5.41, 5.74) is 2.31. The summed E-state index contributed by atoms with van der Waals surface area (Å²) >= 11 is 5.42. The second kappa shape index (κ2) is 5.75. The third-order valence-corrected chi connectivity index (χ3v) is 2.90. The molecule has 0 fully saturated rings. The van der Waals surface area contributed by atoms with Gasteiger partial charge >= 0.3 is 0 Å². The van der Waals surface area contributed by atoms with E-state index >= 15 is 0 Å². The van der Waals surface area contributed by atoms with Gasteiger partial charge in [-0.05, 0) is 31.2 Å². The minimum atomic E-state index is -0.331. The Morgan fingerprint density at radius 1 is 1.42 bits per heavy atom. The van der Waals surface area contributed by atoms with Gasteiger partial charge in [0.15, 0.2) is 0 Å². The third kappa shape index (κ3) is 2.88. The van der Waals surface area contributed by atoms with Crippen LogP contribution in [0.15, 0.2) is 28.8 Å². The number of nitrogens with one attached hydrogen (secondary N) is 1. The number of rotatable bonds is 4. The molecule has 0 atom stereocenters. The Kier molecular flexibility index (Phi) is 4.06. The number of alkyl halides is 1. The average Bonchev–Trinajstić information content (AvgIpc) is 2.80. The van der Waals surface area contributed by atoms with Gasteiger partial charge in [0.05, 0.1) is 7.11 Å². The Labute approximate surface area is 115 Å². The van der Waals surface area contributed by atoms with E-state index in [0.717, 1.165) is 16.9 Å². The molecule has 1 aromatic carbocycles. The van der Waals surface area contributed by atoms with Crippen LogP contribution in [0.3, 0.4) is 0 Å². The predicted octanol–water partition coefficient (Wildman–Crippen LogP) is 2.84. The van der Waals surface area contributed by atoms with Crippen LogP contribution in [0.4, 0.5) is 5.88 Å². The molecule has 6 heteroatoms. The van der Waals surface area contributed by atoms with Gasteiger partial charge in [-0.3, -0.25) is 10.1 Å². The monoisotopic (exact) mass is 280 g/mol. The SMILES string of the molecule is COc1ccc(-c2noc(NC(=O)CCl)c2C)cc1. The van der Waals surface area contributed by atoms with Gasteiger partial charge in [-0.2, -0.15) is 0 Å². The maximum atomic E-state index is 11.2. The molecule has 1 aromatic heterocycles. The van der Waals surface area contributed by atoms with Crippen molar-refractivity contribution in [1.82, 2.24) is 5.16 Å². The first-order valence-corrected chi connectivity index (χ1v) is 6.15. The minimum Gasteiger partial charge on any atom is -0.497 e. The molecule has 0 unspecified atom stereocenters. The zero-order chi connectivity index (χ0) is 13.8. The lowest BCUT2D eigenvalue weighted by Gasteiger charge is -2.01. The number of benzene rings is 1. The predicted molar refractivity (Wildman–Crippen MR) is 72.6 cm³/mol. The molecule has 0 radical (unpaired) electrons. The van der Waals surface area contributed by atoms with Crippen LogP contribution in [0.5, 0.6) is 5.75 Å². The van der Waals surface area contributed by atoms with Crippen molar-refractivity contribution in [3.05, 3.63) is 29.8 Å². The number of methoxy groups -OCH3 is 1.